The number of hydrogen-bond donors (Lipinski definition) is 1. The second kappa shape index (κ2) is 10.0. The Kier molecular flexibility index (Phi) is 8.06. The van der Waals surface area contributed by atoms with Crippen LogP contribution in [0.4, 0.5) is 0 Å². The van der Waals surface area contributed by atoms with Crippen LogP contribution in [0.1, 0.15) is 80.0 Å². The third-order valence-electron chi connectivity index (χ3n) is 5.11. The molecular formula is C19H31N3OS. The van der Waals surface area contributed by atoms with Gasteiger partial charge in [0.25, 0.3) is 0 Å². The zero-order valence-electron chi connectivity index (χ0n) is 14.9. The lowest BCUT2D eigenvalue weighted by Crippen LogP contribution is -2.15. The van der Waals surface area contributed by atoms with Gasteiger partial charge in [-0.15, -0.1) is 18.3 Å². The molecule has 2 fully saturated rings. The van der Waals surface area contributed by atoms with Gasteiger partial charge in [0.2, 0.25) is 0 Å². The minimum atomic E-state index is 0.467. The molecule has 3 rings (SSSR count). The highest BCUT2D eigenvalue weighted by atomic mass is 32.2. The normalized spacial score (nSPS) is 18.9. The van der Waals surface area contributed by atoms with Crippen molar-refractivity contribution in [2.45, 2.75) is 75.6 Å². The average Bonchev–Trinajstić information content (AvgIpc) is 3.25. The number of carbonyl (C=O) groups excluding carboxylic acids is 1. The minimum Gasteiger partial charge on any atom is -0.322 e. The van der Waals surface area contributed by atoms with E-state index in [0.29, 0.717) is 17.6 Å². The van der Waals surface area contributed by atoms with Crippen LogP contribution in [0.3, 0.4) is 0 Å². The van der Waals surface area contributed by atoms with E-state index in [4.69, 9.17) is 5.73 Å². The molecule has 0 unspecified atom stereocenters. The summed E-state index contributed by atoms with van der Waals surface area (Å²) >= 11 is 1.50. The first-order valence-electron chi connectivity index (χ1n) is 9.21. The van der Waals surface area contributed by atoms with Crippen molar-refractivity contribution in [3.63, 3.8) is 0 Å². The van der Waals surface area contributed by atoms with Crippen molar-refractivity contribution in [3.05, 3.63) is 24.0 Å². The molecule has 2 aliphatic carbocycles. The fraction of sp³-hybridized carbons (Fsp3) is 0.684. The largest absolute Gasteiger partial charge is 0.322 e. The van der Waals surface area contributed by atoms with E-state index in [1.807, 2.05) is 11.6 Å². The number of carbonyl (C=O) groups is 1. The smallest absolute Gasteiger partial charge is 0.171 e. The first kappa shape index (κ1) is 19.3. The van der Waals surface area contributed by atoms with Crippen LogP contribution in [-0.2, 0) is 0 Å². The summed E-state index contributed by atoms with van der Waals surface area (Å²) in [6.45, 7) is 5.78. The van der Waals surface area contributed by atoms with Crippen molar-refractivity contribution in [1.29, 1.82) is 0 Å². The number of rotatable bonds is 5. The first-order valence-corrected chi connectivity index (χ1v) is 10.2. The highest BCUT2D eigenvalue weighted by molar-refractivity contribution is 7.99. The maximum absolute atomic E-state index is 11.0. The van der Waals surface area contributed by atoms with Crippen molar-refractivity contribution < 1.29 is 4.79 Å². The monoisotopic (exact) mass is 349 g/mol. The number of thioether (sulfide) groups is 1. The summed E-state index contributed by atoms with van der Waals surface area (Å²) in [6, 6.07) is 0.467. The Morgan fingerprint density at radius 1 is 1.21 bits per heavy atom. The molecular weight excluding hydrogens is 318 g/mol. The summed E-state index contributed by atoms with van der Waals surface area (Å²) < 4.78 is 2.04. The molecule has 0 aromatic carbocycles. The zero-order valence-corrected chi connectivity index (χ0v) is 15.7. The molecule has 4 nitrogen and oxygen atoms in total. The Balaban J connectivity index is 0.000000249. The van der Waals surface area contributed by atoms with Crippen LogP contribution in [-0.4, -0.2) is 21.9 Å². The van der Waals surface area contributed by atoms with Crippen molar-refractivity contribution in [2.75, 3.05) is 5.88 Å². The Morgan fingerprint density at radius 2 is 1.83 bits per heavy atom. The highest BCUT2D eigenvalue weighted by Gasteiger charge is 2.22. The Labute approximate surface area is 150 Å². The van der Waals surface area contributed by atoms with Gasteiger partial charge in [-0.2, -0.15) is 5.10 Å². The van der Waals surface area contributed by atoms with Crippen molar-refractivity contribution >= 4 is 18.0 Å². The Bertz CT molecular complexity index is 529. The predicted octanol–water partition coefficient (Wildman–Crippen LogP) is 4.88. The lowest BCUT2D eigenvalue weighted by Gasteiger charge is -2.23. The van der Waals surface area contributed by atoms with E-state index >= 15 is 0 Å². The topological polar surface area (TPSA) is 60.9 Å². The van der Waals surface area contributed by atoms with Gasteiger partial charge in [0.15, 0.2) is 6.29 Å². The van der Waals surface area contributed by atoms with E-state index in [2.05, 4.69) is 17.8 Å². The summed E-state index contributed by atoms with van der Waals surface area (Å²) in [4.78, 5) is 12.0. The van der Waals surface area contributed by atoms with Crippen LogP contribution in [0.2, 0.25) is 0 Å². The van der Waals surface area contributed by atoms with Gasteiger partial charge in [0, 0.05) is 5.88 Å². The van der Waals surface area contributed by atoms with Gasteiger partial charge >= 0.3 is 0 Å². The number of allylic oxidation sites excluding steroid dienone is 1. The molecule has 2 saturated carbocycles. The van der Waals surface area contributed by atoms with Gasteiger partial charge in [-0.05, 0) is 38.5 Å². The molecule has 0 amide bonds. The van der Waals surface area contributed by atoms with Crippen molar-refractivity contribution in [1.82, 2.24) is 9.78 Å². The maximum Gasteiger partial charge on any atom is 0.171 e. The van der Waals surface area contributed by atoms with Crippen molar-refractivity contribution in [2.24, 2.45) is 11.7 Å². The van der Waals surface area contributed by atoms with Crippen LogP contribution in [0, 0.1) is 12.8 Å². The molecule has 1 heterocycles. The molecule has 1 aromatic rings. The summed E-state index contributed by atoms with van der Waals surface area (Å²) in [5.41, 5.74) is 7.19. The maximum atomic E-state index is 11.0. The SMILES string of the molecule is C=CC1CCCC1.Cc1c(SCN)c(C=O)nn1C1CCCCC1. The van der Waals surface area contributed by atoms with Crippen LogP contribution in [0.25, 0.3) is 0 Å². The number of hydrogen-bond acceptors (Lipinski definition) is 4. The summed E-state index contributed by atoms with van der Waals surface area (Å²) in [7, 11) is 0. The molecule has 2 aliphatic rings. The zero-order chi connectivity index (χ0) is 17.4. The van der Waals surface area contributed by atoms with E-state index < -0.39 is 0 Å². The molecule has 0 saturated heterocycles. The van der Waals surface area contributed by atoms with E-state index in [9.17, 15) is 4.79 Å². The molecule has 0 radical (unpaired) electrons. The van der Waals surface area contributed by atoms with Crippen LogP contribution in [0.5, 0.6) is 0 Å². The second-order valence-electron chi connectivity index (χ2n) is 6.75. The lowest BCUT2D eigenvalue weighted by molar-refractivity contribution is 0.111. The fourth-order valence-corrected chi connectivity index (χ4v) is 4.44. The minimum absolute atomic E-state index is 0.467. The molecule has 24 heavy (non-hydrogen) atoms. The van der Waals surface area contributed by atoms with E-state index in [0.717, 1.165) is 22.8 Å². The van der Waals surface area contributed by atoms with E-state index in [1.54, 1.807) is 0 Å². The van der Waals surface area contributed by atoms with Gasteiger partial charge in [-0.25, -0.2) is 0 Å². The average molecular weight is 350 g/mol. The van der Waals surface area contributed by atoms with E-state index in [-0.39, 0.29) is 0 Å². The lowest BCUT2D eigenvalue weighted by atomic mass is 9.95. The Hall–Kier alpha value is -1.07. The van der Waals surface area contributed by atoms with Crippen LogP contribution >= 0.6 is 11.8 Å². The first-order chi connectivity index (χ1) is 11.7. The van der Waals surface area contributed by atoms with E-state index in [1.165, 1.54) is 69.5 Å². The number of nitrogens with zero attached hydrogens (tertiary/aromatic N) is 2. The third-order valence-corrected chi connectivity index (χ3v) is 6.07. The quantitative estimate of drug-likeness (QED) is 0.356. The third kappa shape index (κ3) is 4.96. The molecule has 0 spiro atoms. The van der Waals surface area contributed by atoms with Gasteiger partial charge < -0.3 is 5.73 Å². The number of nitrogens with two attached hydrogens (primary N) is 1. The second-order valence-corrected chi connectivity index (χ2v) is 7.78. The molecule has 1 aromatic heterocycles. The number of aromatic nitrogens is 2. The van der Waals surface area contributed by atoms with Crippen LogP contribution < -0.4 is 5.73 Å². The summed E-state index contributed by atoms with van der Waals surface area (Å²) in [6.07, 6.45) is 14.8. The standard InChI is InChI=1S/C12H19N3OS.C7H12/c1-9-12(17-8-13)11(7-16)14-15(9)10-5-3-2-4-6-10;1-2-7-5-3-4-6-7/h7,10H,2-6,8,13H2,1H3;2,7H,1,3-6H2. The van der Waals surface area contributed by atoms with Gasteiger partial charge in [0.1, 0.15) is 5.69 Å². The molecule has 5 heteroatoms. The predicted molar refractivity (Wildman–Crippen MR) is 102 cm³/mol. The van der Waals surface area contributed by atoms with Gasteiger partial charge in [-0.1, -0.05) is 38.2 Å². The molecule has 134 valence electrons. The van der Waals surface area contributed by atoms with Gasteiger partial charge in [-0.3, -0.25) is 9.48 Å². The Morgan fingerprint density at radius 3 is 2.33 bits per heavy atom. The summed E-state index contributed by atoms with van der Waals surface area (Å²) in [5.74, 6) is 1.35. The molecule has 0 atom stereocenters. The number of aldehydes is 1. The molecule has 0 bridgehead atoms. The highest BCUT2D eigenvalue weighted by Crippen LogP contribution is 2.32. The van der Waals surface area contributed by atoms with Gasteiger partial charge in [0.05, 0.1) is 16.6 Å². The van der Waals surface area contributed by atoms with Crippen molar-refractivity contribution in [3.8, 4) is 0 Å². The fourth-order valence-electron chi connectivity index (χ4n) is 3.74. The molecule has 2 N–H and O–H groups in total. The summed E-state index contributed by atoms with van der Waals surface area (Å²) in [5, 5.41) is 4.44. The molecule has 0 aliphatic heterocycles. The van der Waals surface area contributed by atoms with Crippen LogP contribution in [0.15, 0.2) is 17.6 Å².